The molecule has 0 unspecified atom stereocenters. The van der Waals surface area contributed by atoms with Gasteiger partial charge in [0.05, 0.1) is 7.11 Å². The molecular weight excluding hydrogens is 450 g/mol. The Bertz CT molecular complexity index is 818. The molecule has 6 heteroatoms. The molecule has 0 spiro atoms. The summed E-state index contributed by atoms with van der Waals surface area (Å²) in [4.78, 5) is 11.4. The van der Waals surface area contributed by atoms with E-state index in [9.17, 15) is 9.18 Å². The molecule has 1 fully saturated rings. The minimum absolute atomic E-state index is 0.177. The van der Waals surface area contributed by atoms with Crippen LogP contribution in [-0.2, 0) is 17.8 Å². The Morgan fingerprint density at radius 2 is 2.04 bits per heavy atom. The predicted octanol–water partition coefficient (Wildman–Crippen LogP) is 5.59. The molecule has 0 N–H and O–H groups in total. The van der Waals surface area contributed by atoms with Crippen molar-refractivity contribution in [2.75, 3.05) is 7.11 Å². The molecule has 4 nitrogen and oxygen atoms in total. The van der Waals surface area contributed by atoms with Crippen molar-refractivity contribution in [3.63, 3.8) is 0 Å². The summed E-state index contributed by atoms with van der Waals surface area (Å²) in [6.45, 7) is 2.12. The molecule has 0 aliphatic heterocycles. The summed E-state index contributed by atoms with van der Waals surface area (Å²) in [5.41, 5.74) is 2.49. The van der Waals surface area contributed by atoms with E-state index in [0.29, 0.717) is 29.4 Å². The van der Waals surface area contributed by atoms with Crippen LogP contribution in [-0.4, -0.2) is 13.3 Å². The third-order valence-electron chi connectivity index (χ3n) is 4.38. The van der Waals surface area contributed by atoms with Crippen LogP contribution in [0.4, 0.5) is 9.18 Å². The SMILES string of the molecule is CCc1cc(C2CC2)c(OCc2c(I)cccc2OC(=O)OC)cc1F. The number of hydrogen-bond donors (Lipinski definition) is 0. The van der Waals surface area contributed by atoms with E-state index in [0.717, 1.165) is 27.5 Å². The van der Waals surface area contributed by atoms with Gasteiger partial charge in [0.25, 0.3) is 0 Å². The zero-order valence-corrected chi connectivity index (χ0v) is 16.8. The Hall–Kier alpha value is -1.83. The quantitative estimate of drug-likeness (QED) is 0.314. The predicted molar refractivity (Wildman–Crippen MR) is 104 cm³/mol. The number of aryl methyl sites for hydroxylation is 1. The van der Waals surface area contributed by atoms with Crippen LogP contribution in [0.5, 0.6) is 11.5 Å². The molecule has 0 atom stereocenters. The topological polar surface area (TPSA) is 44.8 Å². The average molecular weight is 470 g/mol. The molecule has 0 heterocycles. The first-order valence-electron chi connectivity index (χ1n) is 8.51. The molecule has 2 aromatic rings. The lowest BCUT2D eigenvalue weighted by atomic mass is 10.0. The fourth-order valence-electron chi connectivity index (χ4n) is 2.78. The van der Waals surface area contributed by atoms with E-state index in [1.165, 1.54) is 13.2 Å². The monoisotopic (exact) mass is 470 g/mol. The van der Waals surface area contributed by atoms with Crippen LogP contribution in [0.1, 0.15) is 42.4 Å². The van der Waals surface area contributed by atoms with Gasteiger partial charge in [-0.3, -0.25) is 0 Å². The Labute approximate surface area is 165 Å². The van der Waals surface area contributed by atoms with Crippen LogP contribution in [0.3, 0.4) is 0 Å². The maximum Gasteiger partial charge on any atom is 0.513 e. The van der Waals surface area contributed by atoms with Gasteiger partial charge < -0.3 is 14.2 Å². The number of ether oxygens (including phenoxy) is 3. The van der Waals surface area contributed by atoms with Gasteiger partial charge in [0, 0.05) is 15.2 Å². The van der Waals surface area contributed by atoms with Crippen molar-refractivity contribution < 1.29 is 23.4 Å². The Morgan fingerprint density at radius 3 is 2.69 bits per heavy atom. The highest BCUT2D eigenvalue weighted by Gasteiger charge is 2.28. The van der Waals surface area contributed by atoms with Crippen LogP contribution >= 0.6 is 22.6 Å². The summed E-state index contributed by atoms with van der Waals surface area (Å²) in [5.74, 6) is 1.13. The molecule has 2 aromatic carbocycles. The summed E-state index contributed by atoms with van der Waals surface area (Å²) in [5, 5.41) is 0. The van der Waals surface area contributed by atoms with Crippen molar-refractivity contribution in [3.05, 3.63) is 56.4 Å². The molecule has 3 rings (SSSR count). The van der Waals surface area contributed by atoms with E-state index in [1.807, 2.05) is 19.1 Å². The Kier molecular flexibility index (Phi) is 6.01. The van der Waals surface area contributed by atoms with Crippen LogP contribution in [0.25, 0.3) is 0 Å². The molecule has 0 radical (unpaired) electrons. The standard InChI is InChI=1S/C20H20FIO4/c1-3-12-9-14(13-7-8-13)19(10-16(12)21)25-11-15-17(22)5-4-6-18(15)26-20(23)24-2/h4-6,9-10,13H,3,7-8,11H2,1-2H3. The summed E-state index contributed by atoms with van der Waals surface area (Å²) >= 11 is 2.15. The maximum atomic E-state index is 14.2. The second-order valence-electron chi connectivity index (χ2n) is 6.17. The van der Waals surface area contributed by atoms with Gasteiger partial charge in [-0.2, -0.15) is 0 Å². The summed E-state index contributed by atoms with van der Waals surface area (Å²) in [7, 11) is 1.26. The maximum absolute atomic E-state index is 14.2. The second kappa shape index (κ2) is 8.24. The first kappa shape index (κ1) is 18.9. The number of benzene rings is 2. The van der Waals surface area contributed by atoms with Gasteiger partial charge in [-0.1, -0.05) is 13.0 Å². The van der Waals surface area contributed by atoms with Gasteiger partial charge in [-0.15, -0.1) is 0 Å². The smallest absolute Gasteiger partial charge is 0.488 e. The molecule has 1 saturated carbocycles. The third kappa shape index (κ3) is 4.28. The van der Waals surface area contributed by atoms with Crippen molar-refractivity contribution in [2.24, 2.45) is 0 Å². The van der Waals surface area contributed by atoms with Gasteiger partial charge in [-0.05, 0) is 77.1 Å². The van der Waals surface area contributed by atoms with Gasteiger partial charge in [0.15, 0.2) is 0 Å². The molecule has 26 heavy (non-hydrogen) atoms. The van der Waals surface area contributed by atoms with Crippen molar-refractivity contribution in [1.29, 1.82) is 0 Å². The first-order chi connectivity index (χ1) is 12.5. The molecule has 0 amide bonds. The van der Waals surface area contributed by atoms with Crippen LogP contribution < -0.4 is 9.47 Å². The van der Waals surface area contributed by atoms with Gasteiger partial charge in [0.2, 0.25) is 0 Å². The molecule has 1 aliphatic rings. The van der Waals surface area contributed by atoms with Gasteiger partial charge in [-0.25, -0.2) is 9.18 Å². The van der Waals surface area contributed by atoms with Crippen LogP contribution in [0.15, 0.2) is 30.3 Å². The minimum Gasteiger partial charge on any atom is -0.488 e. The molecule has 0 aromatic heterocycles. The van der Waals surface area contributed by atoms with E-state index in [1.54, 1.807) is 12.1 Å². The lowest BCUT2D eigenvalue weighted by Crippen LogP contribution is -2.11. The average Bonchev–Trinajstić information content (AvgIpc) is 3.46. The number of carbonyl (C=O) groups is 1. The summed E-state index contributed by atoms with van der Waals surface area (Å²) in [6.07, 6.45) is 2.07. The van der Waals surface area contributed by atoms with E-state index < -0.39 is 6.16 Å². The molecule has 1 aliphatic carbocycles. The number of carbonyl (C=O) groups excluding carboxylic acids is 1. The van der Waals surface area contributed by atoms with Crippen LogP contribution in [0.2, 0.25) is 0 Å². The first-order valence-corrected chi connectivity index (χ1v) is 9.59. The van der Waals surface area contributed by atoms with Crippen molar-refractivity contribution in [1.82, 2.24) is 0 Å². The lowest BCUT2D eigenvalue weighted by Gasteiger charge is -2.16. The van der Waals surface area contributed by atoms with Crippen LogP contribution in [0, 0.1) is 9.39 Å². The Balaban J connectivity index is 1.85. The van der Waals surface area contributed by atoms with E-state index in [-0.39, 0.29) is 12.4 Å². The van der Waals surface area contributed by atoms with Crippen molar-refractivity contribution >= 4 is 28.7 Å². The molecule has 0 bridgehead atoms. The normalized spacial score (nSPS) is 13.4. The zero-order valence-electron chi connectivity index (χ0n) is 14.7. The van der Waals surface area contributed by atoms with E-state index >= 15 is 0 Å². The van der Waals surface area contributed by atoms with E-state index in [2.05, 4.69) is 27.3 Å². The fourth-order valence-corrected chi connectivity index (χ4v) is 3.41. The van der Waals surface area contributed by atoms with Crippen molar-refractivity contribution in [3.8, 4) is 11.5 Å². The largest absolute Gasteiger partial charge is 0.513 e. The molecular formula is C20H20FIO4. The third-order valence-corrected chi connectivity index (χ3v) is 5.40. The summed E-state index contributed by atoms with van der Waals surface area (Å²) in [6, 6.07) is 8.76. The summed E-state index contributed by atoms with van der Waals surface area (Å²) < 4.78 is 30.9. The minimum atomic E-state index is -0.787. The Morgan fingerprint density at radius 1 is 1.27 bits per heavy atom. The van der Waals surface area contributed by atoms with Crippen molar-refractivity contribution in [2.45, 2.75) is 38.7 Å². The highest BCUT2D eigenvalue weighted by atomic mass is 127. The highest BCUT2D eigenvalue weighted by Crippen LogP contribution is 2.45. The lowest BCUT2D eigenvalue weighted by molar-refractivity contribution is 0.120. The second-order valence-corrected chi connectivity index (χ2v) is 7.33. The zero-order chi connectivity index (χ0) is 18.7. The fraction of sp³-hybridized carbons (Fsp3) is 0.350. The van der Waals surface area contributed by atoms with Gasteiger partial charge in [0.1, 0.15) is 23.9 Å². The van der Waals surface area contributed by atoms with Gasteiger partial charge >= 0.3 is 6.16 Å². The van der Waals surface area contributed by atoms with E-state index in [4.69, 9.17) is 9.47 Å². The molecule has 0 saturated heterocycles. The number of halogens is 2. The number of methoxy groups -OCH3 is 1. The molecule has 138 valence electrons. The number of hydrogen-bond acceptors (Lipinski definition) is 4. The highest BCUT2D eigenvalue weighted by molar-refractivity contribution is 14.1. The number of rotatable bonds is 6.